The van der Waals surface area contributed by atoms with Crippen molar-refractivity contribution in [3.05, 3.63) is 186 Å². The van der Waals surface area contributed by atoms with Gasteiger partial charge in [0.2, 0.25) is 5.69 Å². The predicted octanol–water partition coefficient (Wildman–Crippen LogP) is 18.8. The minimum atomic E-state index is -1.62. The topological polar surface area (TPSA) is 33.1 Å². The van der Waals surface area contributed by atoms with Gasteiger partial charge < -0.3 is 9.30 Å². The number of benzene rings is 7. The van der Waals surface area contributed by atoms with Gasteiger partial charge in [-0.15, -0.1) is 23.6 Å². The maximum atomic E-state index is 6.87. The Labute approximate surface area is 481 Å². The molecule has 5 nitrogen and oxygen atoms in total. The zero-order chi connectivity index (χ0) is 55.4. The molecule has 0 saturated heterocycles. The van der Waals surface area contributed by atoms with Crippen LogP contribution in [0.4, 0.5) is 22.7 Å². The fraction of sp³-hybridized carbons (Fsp3) is 0.324. The summed E-state index contributed by atoms with van der Waals surface area (Å²) in [6.07, 6.45) is 1.93. The van der Waals surface area contributed by atoms with Crippen LogP contribution in [0, 0.1) is 12.1 Å². The summed E-state index contributed by atoms with van der Waals surface area (Å²) in [7, 11) is -1.62. The van der Waals surface area contributed by atoms with Crippen LogP contribution in [0.1, 0.15) is 132 Å². The van der Waals surface area contributed by atoms with Crippen LogP contribution in [0.5, 0.6) is 11.5 Å². The summed E-state index contributed by atoms with van der Waals surface area (Å²) in [5, 5.41) is 3.64. The minimum absolute atomic E-state index is 0. The van der Waals surface area contributed by atoms with Gasteiger partial charge >= 0.3 is 32.8 Å². The number of nitrogens with zero attached hydrogens (tertiary/aromatic N) is 4. The quantitative estimate of drug-likeness (QED) is 0.0863. The Morgan fingerprint density at radius 2 is 1.09 bits per heavy atom. The Kier molecular flexibility index (Phi) is 14.5. The number of hydrogen-bond donors (Lipinski definition) is 0. The molecular weight excluding hydrogens is 1150 g/mol. The second kappa shape index (κ2) is 20.0. The summed E-state index contributed by atoms with van der Waals surface area (Å²) >= 11 is 0. The SMILES string of the molecule is CC(C)(C)c1cc(-c2ccc3c(c2)c2ccc(Oc4[c-]c([N+]5=C=[N+](c6cc(C(C)(C)C)cc(C(C)(C)C)c6)c6c(-c7cccc([Si](C)(C)C)c7)cccc65)ccc4)[c-]c2n3-c2cc(C(C)(C)C)ccn2)cc(C(C)(C)C)c1.[Pt+2]. The van der Waals surface area contributed by atoms with Crippen molar-refractivity contribution in [3.8, 4) is 39.6 Å². The van der Waals surface area contributed by atoms with Crippen molar-refractivity contribution in [3.63, 3.8) is 0 Å². The maximum Gasteiger partial charge on any atom is 2.00 e. The van der Waals surface area contributed by atoms with E-state index < -0.39 is 8.07 Å². The van der Waals surface area contributed by atoms with E-state index in [1.54, 1.807) is 0 Å². The molecule has 400 valence electrons. The van der Waals surface area contributed by atoms with Gasteiger partial charge in [0.1, 0.15) is 11.5 Å². The smallest absolute Gasteiger partial charge is 0.509 e. The van der Waals surface area contributed by atoms with Crippen LogP contribution in [-0.2, 0) is 48.1 Å². The fourth-order valence-electron chi connectivity index (χ4n) is 10.3. The number of para-hydroxylation sites is 1. The molecule has 78 heavy (non-hydrogen) atoms. The van der Waals surface area contributed by atoms with Gasteiger partial charge in [0, 0.05) is 41.4 Å². The summed E-state index contributed by atoms with van der Waals surface area (Å²) in [5.74, 6) is 2.01. The first kappa shape index (κ1) is 56.3. The molecule has 1 aliphatic heterocycles. The van der Waals surface area contributed by atoms with Crippen molar-refractivity contribution >= 4 is 63.8 Å². The van der Waals surface area contributed by atoms with Gasteiger partial charge in [-0.25, -0.2) is 4.98 Å². The third-order valence-electron chi connectivity index (χ3n) is 15.3. The summed E-state index contributed by atoms with van der Waals surface area (Å²) < 4.78 is 13.5. The first-order valence-corrected chi connectivity index (χ1v) is 31.0. The predicted molar refractivity (Wildman–Crippen MR) is 331 cm³/mol. The Morgan fingerprint density at radius 1 is 0.500 bits per heavy atom. The fourth-order valence-corrected chi connectivity index (χ4v) is 11.5. The van der Waals surface area contributed by atoms with Gasteiger partial charge in [0.15, 0.2) is 0 Å². The first-order chi connectivity index (χ1) is 35.9. The maximum absolute atomic E-state index is 6.87. The van der Waals surface area contributed by atoms with Crippen LogP contribution in [-0.4, -0.2) is 23.6 Å². The Hall–Kier alpha value is -6.42. The van der Waals surface area contributed by atoms with Gasteiger partial charge in [-0.2, -0.15) is 12.1 Å². The monoisotopic (exact) mass is 1230 g/mol. The zero-order valence-electron chi connectivity index (χ0n) is 49.4. The van der Waals surface area contributed by atoms with Gasteiger partial charge in [-0.05, 0) is 106 Å². The summed E-state index contributed by atoms with van der Waals surface area (Å²) in [4.78, 5) is 5.02. The molecular formula is C71H78N4OPtSi+2. The van der Waals surface area contributed by atoms with Crippen molar-refractivity contribution in [2.75, 3.05) is 0 Å². The van der Waals surface area contributed by atoms with Crippen LogP contribution in [0.3, 0.4) is 0 Å². The number of ether oxygens (including phenoxy) is 1. The number of aromatic nitrogens is 2. The Balaban J connectivity index is 0.00000740. The molecule has 2 aromatic heterocycles. The molecule has 0 spiro atoms. The number of pyridine rings is 1. The molecule has 1 aliphatic rings. The number of fused-ring (bicyclic) bond motifs is 4. The molecule has 0 radical (unpaired) electrons. The summed E-state index contributed by atoms with van der Waals surface area (Å²) in [5.41, 5.74) is 16.9. The second-order valence-corrected chi connectivity index (χ2v) is 32.7. The van der Waals surface area contributed by atoms with Crippen molar-refractivity contribution in [2.24, 2.45) is 0 Å². The van der Waals surface area contributed by atoms with Crippen LogP contribution >= 0.6 is 0 Å². The van der Waals surface area contributed by atoms with E-state index in [4.69, 9.17) is 9.72 Å². The van der Waals surface area contributed by atoms with Gasteiger partial charge in [0.25, 0.3) is 5.69 Å². The van der Waals surface area contributed by atoms with Crippen molar-refractivity contribution in [1.29, 1.82) is 0 Å². The first-order valence-electron chi connectivity index (χ1n) is 27.5. The van der Waals surface area contributed by atoms with E-state index in [-0.39, 0.29) is 48.1 Å². The average Bonchev–Trinajstić information content (AvgIpc) is 4.04. The van der Waals surface area contributed by atoms with Crippen LogP contribution in [0.15, 0.2) is 146 Å². The van der Waals surface area contributed by atoms with Crippen molar-refractivity contribution in [1.82, 2.24) is 18.7 Å². The van der Waals surface area contributed by atoms with Crippen molar-refractivity contribution < 1.29 is 25.8 Å². The molecule has 7 heteroatoms. The molecule has 3 heterocycles. The van der Waals surface area contributed by atoms with E-state index in [1.165, 1.54) is 49.7 Å². The molecule has 0 fully saturated rings. The molecule has 7 aromatic carbocycles. The van der Waals surface area contributed by atoms with E-state index >= 15 is 0 Å². The van der Waals surface area contributed by atoms with Gasteiger partial charge in [-0.3, -0.25) is 0 Å². The third-order valence-corrected chi connectivity index (χ3v) is 17.4. The molecule has 0 N–H and O–H groups in total. The van der Waals surface area contributed by atoms with Crippen LogP contribution in [0.2, 0.25) is 19.6 Å². The van der Waals surface area contributed by atoms with Gasteiger partial charge in [0.05, 0.1) is 13.6 Å². The Morgan fingerprint density at radius 3 is 1.71 bits per heavy atom. The summed E-state index contributed by atoms with van der Waals surface area (Å²) in [6.45, 7) is 41.6. The average molecular weight is 1230 g/mol. The molecule has 0 saturated carbocycles. The van der Waals surface area contributed by atoms with E-state index in [1.807, 2.05) is 24.4 Å². The molecule has 0 amide bonds. The third kappa shape index (κ3) is 11.1. The molecule has 0 atom stereocenters. The molecule has 9 aromatic rings. The standard InChI is InChI=1S/C71H78N4OSi.Pt/c1-67(2,3)49-32-33-72-65(42-49)75-62-31-28-46(48-34-50(68(4,5)6)38-51(35-48)69(7,8)9)37-61(62)60-30-29-57(44-64(60)75)76-56-24-20-23-54(43-56)73-45-74(55-40-52(70(10,11)12)39-53(41-55)71(13,14)15)66-59(26-21-27-63(66)73)47-22-19-25-58(36-47)77(16,17)18;/h19-42H,1-18H3;/q;+2. The minimum Gasteiger partial charge on any atom is -0.509 e. The van der Waals surface area contributed by atoms with Crippen LogP contribution < -0.4 is 19.1 Å². The van der Waals surface area contributed by atoms with E-state index in [0.717, 1.165) is 55.9 Å². The number of hydrogen-bond acceptors (Lipinski definition) is 2. The number of rotatable bonds is 8. The van der Waals surface area contributed by atoms with Gasteiger partial charge in [-0.1, -0.05) is 218 Å². The van der Waals surface area contributed by atoms with E-state index in [0.29, 0.717) is 11.5 Å². The molecule has 0 unspecified atom stereocenters. The van der Waals surface area contributed by atoms with E-state index in [2.05, 4.69) is 277 Å². The second-order valence-electron chi connectivity index (χ2n) is 27.6. The molecule has 10 rings (SSSR count). The molecule has 0 bridgehead atoms. The van der Waals surface area contributed by atoms with Crippen LogP contribution in [0.25, 0.3) is 49.9 Å². The largest absolute Gasteiger partial charge is 2.00 e. The van der Waals surface area contributed by atoms with Crippen molar-refractivity contribution in [2.45, 2.75) is 151 Å². The molecule has 0 aliphatic carbocycles. The zero-order valence-corrected chi connectivity index (χ0v) is 52.6. The Bertz CT molecular complexity index is 3820. The normalized spacial score (nSPS) is 13.4. The summed E-state index contributed by atoms with van der Waals surface area (Å²) in [6, 6.07) is 62.9. The van der Waals surface area contributed by atoms with E-state index in [9.17, 15) is 0 Å².